The van der Waals surface area contributed by atoms with Crippen molar-refractivity contribution in [2.75, 3.05) is 18.8 Å². The van der Waals surface area contributed by atoms with E-state index in [0.717, 1.165) is 32.2 Å². The lowest BCUT2D eigenvalue weighted by atomic mass is 9.85. The number of aromatic nitrogens is 4. The summed E-state index contributed by atoms with van der Waals surface area (Å²) in [4.78, 5) is 27.5. The summed E-state index contributed by atoms with van der Waals surface area (Å²) >= 11 is 0. The fraction of sp³-hybridized carbons (Fsp3) is 0.462. The topological polar surface area (TPSA) is 110 Å². The number of nitrogens with two attached hydrogens (primary N) is 1. The highest BCUT2D eigenvalue weighted by Gasteiger charge is 2.27. The number of amides is 1. The van der Waals surface area contributed by atoms with Crippen molar-refractivity contribution in [3.8, 4) is 23.2 Å². The van der Waals surface area contributed by atoms with Crippen LogP contribution in [0.1, 0.15) is 57.2 Å². The molecule has 8 nitrogen and oxygen atoms in total. The lowest BCUT2D eigenvalue weighted by Gasteiger charge is -2.26. The molecule has 2 fully saturated rings. The first-order valence-electron chi connectivity index (χ1n) is 12.2. The summed E-state index contributed by atoms with van der Waals surface area (Å²) in [7, 11) is 0. The molecule has 2 aliphatic rings. The maximum atomic E-state index is 14.0. The molecule has 0 radical (unpaired) electrons. The van der Waals surface area contributed by atoms with Crippen LogP contribution in [-0.4, -0.2) is 54.1 Å². The number of carbonyl (C=O) groups excluding carboxylic acids is 1. The average molecular weight is 477 g/mol. The van der Waals surface area contributed by atoms with Crippen LogP contribution in [0.25, 0.3) is 22.6 Å². The number of nitrogens with zero attached hydrogens (tertiary/aromatic N) is 5. The summed E-state index contributed by atoms with van der Waals surface area (Å²) in [5, 5.41) is 10.7. The number of imidazole rings is 1. The van der Waals surface area contributed by atoms with Crippen LogP contribution >= 0.6 is 0 Å². The van der Waals surface area contributed by atoms with E-state index in [-0.39, 0.29) is 23.4 Å². The molecule has 1 aromatic carbocycles. The van der Waals surface area contributed by atoms with Crippen LogP contribution in [0.5, 0.6) is 0 Å². The highest BCUT2D eigenvalue weighted by Crippen LogP contribution is 2.29. The Morgan fingerprint density at radius 3 is 2.69 bits per heavy atom. The number of anilines is 1. The van der Waals surface area contributed by atoms with E-state index < -0.39 is 5.60 Å². The number of carbonyl (C=O) groups is 1. The highest BCUT2D eigenvalue weighted by molar-refractivity contribution is 5.86. The van der Waals surface area contributed by atoms with Crippen LogP contribution in [0.4, 0.5) is 10.2 Å². The molecular weight excluding hydrogens is 447 g/mol. The Bertz CT molecular complexity index is 1320. The lowest BCUT2D eigenvalue weighted by molar-refractivity contribution is -0.127. The zero-order valence-electron chi connectivity index (χ0n) is 19.6. The minimum atomic E-state index is -1.03. The number of nitrogen functional groups attached to an aromatic ring is 1. The fourth-order valence-corrected chi connectivity index (χ4v) is 4.93. The Hall–Kier alpha value is -3.51. The number of hydrogen-bond acceptors (Lipinski definition) is 6. The second-order valence-corrected chi connectivity index (χ2v) is 9.38. The molecule has 1 saturated heterocycles. The minimum absolute atomic E-state index is 0.176. The van der Waals surface area contributed by atoms with Crippen LogP contribution in [0, 0.1) is 17.7 Å². The number of halogens is 1. The van der Waals surface area contributed by atoms with Gasteiger partial charge in [0.05, 0.1) is 0 Å². The SMILES string of the molecule is Nc1nc(C#CC2(O)CCCCC2)nc2c1nc(-c1cccc(F)c1)n2CCCN1CCCC1=O. The van der Waals surface area contributed by atoms with Gasteiger partial charge in [0.2, 0.25) is 11.7 Å². The van der Waals surface area contributed by atoms with Gasteiger partial charge in [-0.2, -0.15) is 0 Å². The zero-order valence-corrected chi connectivity index (χ0v) is 19.6. The van der Waals surface area contributed by atoms with E-state index in [1.807, 2.05) is 9.47 Å². The van der Waals surface area contributed by atoms with E-state index in [4.69, 9.17) is 5.73 Å². The van der Waals surface area contributed by atoms with Gasteiger partial charge in [0.25, 0.3) is 0 Å². The molecular formula is C26H29FN6O2. The minimum Gasteiger partial charge on any atom is -0.382 e. The highest BCUT2D eigenvalue weighted by atomic mass is 19.1. The smallest absolute Gasteiger partial charge is 0.222 e. The molecule has 1 saturated carbocycles. The molecule has 0 spiro atoms. The van der Waals surface area contributed by atoms with Gasteiger partial charge in [-0.1, -0.05) is 24.5 Å². The van der Waals surface area contributed by atoms with Crippen molar-refractivity contribution in [2.45, 2.75) is 63.5 Å². The number of aliphatic hydroxyl groups is 1. The van der Waals surface area contributed by atoms with Crippen molar-refractivity contribution in [1.82, 2.24) is 24.4 Å². The molecule has 0 bridgehead atoms. The number of fused-ring (bicyclic) bond motifs is 1. The molecule has 0 unspecified atom stereocenters. The maximum Gasteiger partial charge on any atom is 0.222 e. The summed E-state index contributed by atoms with van der Waals surface area (Å²) in [5.74, 6) is 6.62. The van der Waals surface area contributed by atoms with Crippen LogP contribution in [0.2, 0.25) is 0 Å². The second-order valence-electron chi connectivity index (χ2n) is 9.38. The molecule has 1 aliphatic heterocycles. The van der Waals surface area contributed by atoms with Gasteiger partial charge in [-0.3, -0.25) is 4.79 Å². The van der Waals surface area contributed by atoms with Crippen LogP contribution < -0.4 is 5.73 Å². The standard InChI is InChI=1S/C26H29FN6O2/c27-19-8-4-7-18(17-19)24-31-22-23(28)29-20(10-13-26(35)11-2-1-3-12-26)30-25(22)33(24)16-6-15-32-14-5-9-21(32)34/h4,7-8,17,35H,1-3,5-6,9,11-12,14-16H2,(H2,28,29,30). The fourth-order valence-electron chi connectivity index (χ4n) is 4.93. The van der Waals surface area contributed by atoms with Crippen molar-refractivity contribution in [3.63, 3.8) is 0 Å². The van der Waals surface area contributed by atoms with Gasteiger partial charge in [0, 0.05) is 31.6 Å². The van der Waals surface area contributed by atoms with Crippen LogP contribution in [0.3, 0.4) is 0 Å². The lowest BCUT2D eigenvalue weighted by Crippen LogP contribution is -2.29. The second kappa shape index (κ2) is 9.62. The Morgan fingerprint density at radius 1 is 1.11 bits per heavy atom. The Labute approximate surface area is 203 Å². The largest absolute Gasteiger partial charge is 0.382 e. The van der Waals surface area contributed by atoms with Crippen molar-refractivity contribution in [3.05, 3.63) is 35.9 Å². The number of likely N-dealkylation sites (tertiary alicyclic amines) is 1. The first-order chi connectivity index (χ1) is 16.9. The van der Waals surface area contributed by atoms with Gasteiger partial charge in [-0.05, 0) is 56.6 Å². The molecule has 2 aromatic heterocycles. The van der Waals surface area contributed by atoms with Crippen LogP contribution in [-0.2, 0) is 11.3 Å². The van der Waals surface area contributed by atoms with E-state index >= 15 is 0 Å². The van der Waals surface area contributed by atoms with Gasteiger partial charge in [-0.25, -0.2) is 19.3 Å². The quantitative estimate of drug-likeness (QED) is 0.547. The van der Waals surface area contributed by atoms with Gasteiger partial charge in [-0.15, -0.1) is 0 Å². The van der Waals surface area contributed by atoms with Gasteiger partial charge in [0.1, 0.15) is 17.2 Å². The molecule has 3 aromatic rings. The Kier molecular flexibility index (Phi) is 6.39. The molecule has 0 atom stereocenters. The summed E-state index contributed by atoms with van der Waals surface area (Å²) < 4.78 is 15.9. The summed E-state index contributed by atoms with van der Waals surface area (Å²) in [6.07, 6.45) is 6.42. The molecule has 1 aliphatic carbocycles. The molecule has 9 heteroatoms. The number of rotatable bonds is 5. The van der Waals surface area contributed by atoms with Crippen molar-refractivity contribution in [2.24, 2.45) is 0 Å². The van der Waals surface area contributed by atoms with E-state index in [1.54, 1.807) is 12.1 Å². The third-order valence-electron chi connectivity index (χ3n) is 6.77. The number of benzene rings is 1. The van der Waals surface area contributed by atoms with E-state index in [9.17, 15) is 14.3 Å². The van der Waals surface area contributed by atoms with E-state index in [0.29, 0.717) is 61.3 Å². The predicted molar refractivity (Wildman–Crippen MR) is 130 cm³/mol. The monoisotopic (exact) mass is 476 g/mol. The molecule has 5 rings (SSSR count). The summed E-state index contributed by atoms with van der Waals surface area (Å²) in [6.45, 7) is 1.92. The summed E-state index contributed by atoms with van der Waals surface area (Å²) in [5.41, 5.74) is 6.75. The molecule has 3 heterocycles. The zero-order chi connectivity index (χ0) is 24.4. The number of aryl methyl sites for hydroxylation is 1. The van der Waals surface area contributed by atoms with E-state index in [1.165, 1.54) is 12.1 Å². The molecule has 1 amide bonds. The van der Waals surface area contributed by atoms with Crippen molar-refractivity contribution < 1.29 is 14.3 Å². The van der Waals surface area contributed by atoms with Gasteiger partial charge >= 0.3 is 0 Å². The predicted octanol–water partition coefficient (Wildman–Crippen LogP) is 3.27. The molecule has 35 heavy (non-hydrogen) atoms. The number of hydrogen-bond donors (Lipinski definition) is 2. The average Bonchev–Trinajstić information content (AvgIpc) is 3.42. The molecule has 3 N–H and O–H groups in total. The summed E-state index contributed by atoms with van der Waals surface area (Å²) in [6, 6.07) is 6.22. The Morgan fingerprint density at radius 2 is 1.94 bits per heavy atom. The Balaban J connectivity index is 1.52. The molecule has 182 valence electrons. The first-order valence-corrected chi connectivity index (χ1v) is 12.2. The van der Waals surface area contributed by atoms with Crippen molar-refractivity contribution >= 4 is 22.9 Å². The third-order valence-corrected chi connectivity index (χ3v) is 6.77. The van der Waals surface area contributed by atoms with Crippen molar-refractivity contribution in [1.29, 1.82) is 0 Å². The van der Waals surface area contributed by atoms with Gasteiger partial charge in [0.15, 0.2) is 17.0 Å². The maximum absolute atomic E-state index is 14.0. The van der Waals surface area contributed by atoms with Crippen LogP contribution in [0.15, 0.2) is 24.3 Å². The van der Waals surface area contributed by atoms with E-state index in [2.05, 4.69) is 26.8 Å². The van der Waals surface area contributed by atoms with Gasteiger partial charge < -0.3 is 20.3 Å². The normalized spacial score (nSPS) is 17.5. The third kappa shape index (κ3) is 4.98. The first kappa shape index (κ1) is 23.2.